The molecule has 13 nitrogen and oxygen atoms in total. The summed E-state index contributed by atoms with van der Waals surface area (Å²) in [6, 6.07) is 21.7. The minimum absolute atomic E-state index is 0.00960. The third-order valence-corrected chi connectivity index (χ3v) is 8.46. The summed E-state index contributed by atoms with van der Waals surface area (Å²) >= 11 is 0. The molecule has 276 valence electrons. The molecule has 1 aliphatic rings. The highest BCUT2D eigenvalue weighted by Crippen LogP contribution is 2.21. The number of nitrogens with one attached hydrogen (secondary N) is 3. The van der Waals surface area contributed by atoms with Gasteiger partial charge >= 0.3 is 12.0 Å². The molecule has 1 saturated heterocycles. The predicted octanol–water partition coefficient (Wildman–Crippen LogP) is 3.64. The van der Waals surface area contributed by atoms with Crippen molar-refractivity contribution in [1.29, 1.82) is 0 Å². The lowest BCUT2D eigenvalue weighted by Crippen LogP contribution is -2.56. The molecule has 1 aromatic heterocycles. The molecule has 3 N–H and O–H groups in total. The van der Waals surface area contributed by atoms with E-state index in [-0.39, 0.29) is 18.1 Å². The van der Waals surface area contributed by atoms with Crippen LogP contribution in [-0.2, 0) is 43.5 Å². The minimum atomic E-state index is -4.63. The second kappa shape index (κ2) is 17.3. The van der Waals surface area contributed by atoms with E-state index >= 15 is 8.78 Å². The fraction of sp³-hybridized carbons (Fsp3) is 0.289. The number of likely N-dealkylation sites (tertiary alicyclic amines) is 1. The van der Waals surface area contributed by atoms with Crippen LogP contribution in [-0.4, -0.2) is 75.6 Å². The summed E-state index contributed by atoms with van der Waals surface area (Å²) < 4.78 is 37.0. The van der Waals surface area contributed by atoms with Crippen molar-refractivity contribution in [3.63, 3.8) is 0 Å². The number of carbonyl (C=O) groups excluding carboxylic acids is 5. The maximum Gasteiger partial charge on any atom is 0.412 e. The lowest BCUT2D eigenvalue weighted by Gasteiger charge is -2.24. The summed E-state index contributed by atoms with van der Waals surface area (Å²) in [5.41, 5.74) is 1.11. The van der Waals surface area contributed by atoms with Gasteiger partial charge in [-0.25, -0.2) is 9.78 Å². The maximum atomic E-state index is 15.4. The number of aromatic nitrogens is 2. The Kier molecular flexibility index (Phi) is 12.4. The average Bonchev–Trinajstić information content (AvgIpc) is 3.70. The predicted molar refractivity (Wildman–Crippen MR) is 190 cm³/mol. The number of ketones is 1. The molecule has 4 aromatic rings. The molecule has 0 saturated carbocycles. The second-order valence-corrected chi connectivity index (χ2v) is 12.5. The molecule has 15 heteroatoms. The lowest BCUT2D eigenvalue weighted by atomic mass is 9.98. The van der Waals surface area contributed by atoms with Gasteiger partial charge in [0.1, 0.15) is 24.7 Å². The normalized spacial score (nSPS) is 13.2. The molecule has 2 heterocycles. The van der Waals surface area contributed by atoms with Gasteiger partial charge in [-0.3, -0.25) is 33.9 Å². The van der Waals surface area contributed by atoms with E-state index in [1.54, 1.807) is 91.9 Å². The van der Waals surface area contributed by atoms with Gasteiger partial charge in [0.2, 0.25) is 17.6 Å². The Hall–Kier alpha value is -6.25. The van der Waals surface area contributed by atoms with E-state index in [4.69, 9.17) is 4.74 Å². The monoisotopic (exact) mass is 728 g/mol. The number of amides is 4. The number of ether oxygens (including phenoxy) is 1. The molecule has 3 aromatic carbocycles. The van der Waals surface area contributed by atoms with Gasteiger partial charge in [-0.1, -0.05) is 84.4 Å². The van der Waals surface area contributed by atoms with Crippen LogP contribution < -0.4 is 21.5 Å². The van der Waals surface area contributed by atoms with E-state index in [1.165, 1.54) is 4.90 Å². The molecule has 1 unspecified atom stereocenters. The largest absolute Gasteiger partial charge is 0.444 e. The fourth-order valence-corrected chi connectivity index (χ4v) is 5.73. The first kappa shape index (κ1) is 38.0. The Morgan fingerprint density at radius 3 is 2.23 bits per heavy atom. The molecule has 1 aliphatic heterocycles. The number of hydrogen-bond donors (Lipinski definition) is 3. The van der Waals surface area contributed by atoms with Crippen LogP contribution in [0.1, 0.15) is 29.5 Å². The minimum Gasteiger partial charge on any atom is -0.444 e. The molecule has 0 bridgehead atoms. The molecule has 0 aliphatic carbocycles. The number of benzene rings is 3. The summed E-state index contributed by atoms with van der Waals surface area (Å²) in [5.74, 6) is -10.1. The Morgan fingerprint density at radius 2 is 1.57 bits per heavy atom. The van der Waals surface area contributed by atoms with Crippen LogP contribution in [0.2, 0.25) is 0 Å². The zero-order chi connectivity index (χ0) is 38.0. The zero-order valence-electron chi connectivity index (χ0n) is 28.8. The molecule has 5 rings (SSSR count). The van der Waals surface area contributed by atoms with Crippen LogP contribution in [0.4, 0.5) is 19.3 Å². The van der Waals surface area contributed by atoms with Crippen molar-refractivity contribution in [3.05, 3.63) is 118 Å². The molecular formula is C38H38F2N6O7. The summed E-state index contributed by atoms with van der Waals surface area (Å²) in [7, 11) is 0. The maximum absolute atomic E-state index is 15.4. The highest BCUT2D eigenvalue weighted by atomic mass is 19.3. The third-order valence-electron chi connectivity index (χ3n) is 8.46. The zero-order valence-corrected chi connectivity index (χ0v) is 28.8. The number of carbonyl (C=O) groups is 5. The van der Waals surface area contributed by atoms with Crippen LogP contribution in [0, 0.1) is 6.92 Å². The van der Waals surface area contributed by atoms with Crippen LogP contribution in [0.5, 0.6) is 0 Å². The SMILES string of the molecule is Cc1cccc(-c2ncc(NC(=O)OCc3ccccc3)c(=O)n2CC(=O)NC(Cc2ccccc2)C(=O)C(F)(F)C(=O)NCC(=O)N2CCCC2)c1. The van der Waals surface area contributed by atoms with Gasteiger partial charge in [-0.05, 0) is 37.0 Å². The van der Waals surface area contributed by atoms with Crippen LogP contribution in [0.15, 0.2) is 95.9 Å². The highest BCUT2D eigenvalue weighted by molar-refractivity contribution is 6.11. The number of aryl methyl sites for hydroxylation is 1. The molecular weight excluding hydrogens is 690 g/mol. The Labute approximate surface area is 303 Å². The van der Waals surface area contributed by atoms with Gasteiger partial charge in [-0.15, -0.1) is 0 Å². The quantitative estimate of drug-likeness (QED) is 0.166. The Balaban J connectivity index is 1.38. The van der Waals surface area contributed by atoms with Crippen LogP contribution >= 0.6 is 0 Å². The average molecular weight is 729 g/mol. The van der Waals surface area contributed by atoms with Crippen LogP contribution in [0.25, 0.3) is 11.4 Å². The summed E-state index contributed by atoms with van der Waals surface area (Å²) in [4.78, 5) is 84.1. The number of anilines is 1. The van der Waals surface area contributed by atoms with Crippen molar-refractivity contribution in [1.82, 2.24) is 25.1 Å². The van der Waals surface area contributed by atoms with E-state index in [0.717, 1.165) is 29.2 Å². The van der Waals surface area contributed by atoms with Gasteiger partial charge in [0, 0.05) is 25.1 Å². The number of halogens is 2. The van der Waals surface area contributed by atoms with E-state index in [0.29, 0.717) is 29.8 Å². The lowest BCUT2D eigenvalue weighted by molar-refractivity contribution is -0.161. The molecule has 1 atom stereocenters. The van der Waals surface area contributed by atoms with E-state index in [2.05, 4.69) is 15.6 Å². The first-order valence-corrected chi connectivity index (χ1v) is 16.9. The number of alkyl halides is 2. The first-order valence-electron chi connectivity index (χ1n) is 16.9. The fourth-order valence-electron chi connectivity index (χ4n) is 5.73. The van der Waals surface area contributed by atoms with Crippen molar-refractivity contribution in [2.75, 3.05) is 25.0 Å². The Bertz CT molecular complexity index is 2020. The van der Waals surface area contributed by atoms with Crippen molar-refractivity contribution in [2.45, 2.75) is 51.3 Å². The second-order valence-electron chi connectivity index (χ2n) is 12.5. The van der Waals surface area contributed by atoms with Gasteiger partial charge in [-0.2, -0.15) is 8.78 Å². The molecule has 0 radical (unpaired) electrons. The van der Waals surface area contributed by atoms with Gasteiger partial charge in [0.25, 0.3) is 11.5 Å². The summed E-state index contributed by atoms with van der Waals surface area (Å²) in [6.07, 6.45) is 1.22. The van der Waals surface area contributed by atoms with E-state index in [9.17, 15) is 28.8 Å². The van der Waals surface area contributed by atoms with Gasteiger partial charge in [0.05, 0.1) is 18.8 Å². The van der Waals surface area contributed by atoms with Gasteiger partial charge < -0.3 is 20.3 Å². The number of nitrogens with zero attached hydrogens (tertiary/aromatic N) is 3. The third kappa shape index (κ3) is 9.96. The molecule has 0 spiro atoms. The van der Waals surface area contributed by atoms with E-state index < -0.39 is 66.6 Å². The number of rotatable bonds is 14. The van der Waals surface area contributed by atoms with Crippen molar-refractivity contribution in [2.24, 2.45) is 0 Å². The van der Waals surface area contributed by atoms with Crippen molar-refractivity contribution < 1.29 is 37.5 Å². The first-order chi connectivity index (χ1) is 25.4. The van der Waals surface area contributed by atoms with Crippen LogP contribution in [0.3, 0.4) is 0 Å². The van der Waals surface area contributed by atoms with E-state index in [1.807, 2.05) is 5.32 Å². The molecule has 1 fully saturated rings. The smallest absolute Gasteiger partial charge is 0.412 e. The number of hydrogen-bond acceptors (Lipinski definition) is 8. The standard InChI is InChI=1S/C38H38F2N6O7/c1-25-11-10-16-28(19-25)34-41-21-30(44-37(52)53-24-27-14-6-3-7-15-27)35(50)46(34)23-31(47)43-29(20-26-12-4-2-5-13-26)33(49)38(39,40)36(51)42-22-32(48)45-17-8-9-18-45/h2-7,10-16,19,21,29H,8-9,17-18,20,22-24H2,1H3,(H,42,51)(H,43,47)(H,44,52). The summed E-state index contributed by atoms with van der Waals surface area (Å²) in [5, 5.41) is 6.47. The highest BCUT2D eigenvalue weighted by Gasteiger charge is 2.50. The molecule has 4 amide bonds. The number of Topliss-reactive ketones (excluding diaryl/α,β-unsaturated/α-hetero) is 1. The Morgan fingerprint density at radius 1 is 0.906 bits per heavy atom. The summed E-state index contributed by atoms with van der Waals surface area (Å²) in [6.45, 7) is 1.05. The van der Waals surface area contributed by atoms with Crippen molar-refractivity contribution in [3.8, 4) is 11.4 Å². The van der Waals surface area contributed by atoms with Gasteiger partial charge in [0.15, 0.2) is 0 Å². The van der Waals surface area contributed by atoms with Crippen molar-refractivity contribution >= 4 is 35.3 Å². The molecule has 53 heavy (non-hydrogen) atoms. The topological polar surface area (TPSA) is 169 Å².